The van der Waals surface area contributed by atoms with Gasteiger partial charge in [0.2, 0.25) is 11.8 Å². The summed E-state index contributed by atoms with van der Waals surface area (Å²) in [6.07, 6.45) is 2.19. The lowest BCUT2D eigenvalue weighted by atomic mass is 9.90. The predicted molar refractivity (Wildman–Crippen MR) is 131 cm³/mol. The molecule has 4 rings (SSSR count). The van der Waals surface area contributed by atoms with Crippen LogP contribution in [0, 0.1) is 11.3 Å². The lowest BCUT2D eigenvalue weighted by Crippen LogP contribution is -2.47. The molecule has 32 heavy (non-hydrogen) atoms. The molecule has 1 aliphatic heterocycles. The summed E-state index contributed by atoms with van der Waals surface area (Å²) in [7, 11) is 0. The number of piperidine rings is 1. The van der Waals surface area contributed by atoms with E-state index in [1.165, 1.54) is 5.56 Å². The third-order valence-electron chi connectivity index (χ3n) is 6.02. The second-order valence-electron chi connectivity index (χ2n) is 9.51. The lowest BCUT2D eigenvalue weighted by Gasteiger charge is -2.36. The Balaban J connectivity index is 1.51. The van der Waals surface area contributed by atoms with E-state index in [0.717, 1.165) is 21.8 Å². The van der Waals surface area contributed by atoms with Crippen LogP contribution >= 0.6 is 11.3 Å². The first-order chi connectivity index (χ1) is 15.3. The Bertz CT molecular complexity index is 1050. The summed E-state index contributed by atoms with van der Waals surface area (Å²) in [4.78, 5) is 34.9. The normalized spacial score (nSPS) is 15.2. The van der Waals surface area contributed by atoms with Gasteiger partial charge >= 0.3 is 0 Å². The smallest absolute Gasteiger partial charge is 0.232 e. The summed E-state index contributed by atoms with van der Waals surface area (Å²) in [6, 6.07) is 18.3. The maximum absolute atomic E-state index is 13.7. The van der Waals surface area contributed by atoms with Crippen LogP contribution in [0.1, 0.15) is 39.2 Å². The fourth-order valence-electron chi connectivity index (χ4n) is 4.19. The van der Waals surface area contributed by atoms with E-state index < -0.39 is 0 Å². The molecule has 0 saturated carbocycles. The van der Waals surface area contributed by atoms with Crippen molar-refractivity contribution < 1.29 is 9.59 Å². The molecule has 2 heterocycles. The van der Waals surface area contributed by atoms with Crippen LogP contribution in [0.15, 0.2) is 54.6 Å². The number of para-hydroxylation sites is 1. The first-order valence-electron chi connectivity index (χ1n) is 11.3. The summed E-state index contributed by atoms with van der Waals surface area (Å²) in [5.41, 5.74) is 1.74. The number of anilines is 1. The second-order valence-corrected chi connectivity index (χ2v) is 10.5. The van der Waals surface area contributed by atoms with E-state index in [0.29, 0.717) is 32.5 Å². The van der Waals surface area contributed by atoms with Crippen LogP contribution in [0.3, 0.4) is 0 Å². The summed E-state index contributed by atoms with van der Waals surface area (Å²) < 4.78 is 1.09. The van der Waals surface area contributed by atoms with Crippen LogP contribution in [-0.4, -0.2) is 41.3 Å². The maximum Gasteiger partial charge on any atom is 0.232 e. The van der Waals surface area contributed by atoms with Gasteiger partial charge in [-0.2, -0.15) is 0 Å². The van der Waals surface area contributed by atoms with Gasteiger partial charge in [0.15, 0.2) is 5.13 Å². The van der Waals surface area contributed by atoms with Crippen LogP contribution in [-0.2, 0) is 16.0 Å². The molecular formula is C26H31N3O2S. The Morgan fingerprint density at radius 1 is 1.03 bits per heavy atom. The van der Waals surface area contributed by atoms with Gasteiger partial charge in [-0.05, 0) is 37.0 Å². The minimum Gasteiger partial charge on any atom is -0.342 e. The highest BCUT2D eigenvalue weighted by molar-refractivity contribution is 7.22. The molecule has 0 unspecified atom stereocenters. The van der Waals surface area contributed by atoms with Crippen molar-refractivity contribution >= 4 is 38.5 Å². The zero-order valence-corrected chi connectivity index (χ0v) is 19.9. The van der Waals surface area contributed by atoms with E-state index in [1.807, 2.05) is 73.0 Å². The van der Waals surface area contributed by atoms with E-state index in [1.54, 1.807) is 11.3 Å². The molecule has 3 aromatic rings. The van der Waals surface area contributed by atoms with Crippen LogP contribution in [0.5, 0.6) is 0 Å². The molecule has 1 fully saturated rings. The molecule has 1 aliphatic rings. The molecule has 0 N–H and O–H groups in total. The highest BCUT2D eigenvalue weighted by Gasteiger charge is 2.34. The maximum atomic E-state index is 13.7. The number of hydrogen-bond donors (Lipinski definition) is 0. The number of benzene rings is 2. The van der Waals surface area contributed by atoms with Crippen LogP contribution < -0.4 is 4.90 Å². The number of amides is 2. The SMILES string of the molecule is CC(C)(C)C(=O)N1CCC(C(=O)N(CCc2ccccc2)c2nc3ccccc3s2)CC1. The first kappa shape index (κ1) is 22.5. The third-order valence-corrected chi connectivity index (χ3v) is 7.08. The Morgan fingerprint density at radius 3 is 2.34 bits per heavy atom. The average Bonchev–Trinajstić information content (AvgIpc) is 3.22. The number of carbonyl (C=O) groups excluding carboxylic acids is 2. The van der Waals surface area contributed by atoms with E-state index >= 15 is 0 Å². The summed E-state index contributed by atoms with van der Waals surface area (Å²) >= 11 is 1.57. The van der Waals surface area contributed by atoms with E-state index in [2.05, 4.69) is 12.1 Å². The fraction of sp³-hybridized carbons (Fsp3) is 0.423. The molecule has 168 valence electrons. The van der Waals surface area contributed by atoms with Crippen molar-refractivity contribution in [2.45, 2.75) is 40.0 Å². The number of rotatable bonds is 5. The highest BCUT2D eigenvalue weighted by Crippen LogP contribution is 2.32. The number of thiazole rings is 1. The Morgan fingerprint density at radius 2 is 1.69 bits per heavy atom. The molecule has 6 heteroatoms. The van der Waals surface area contributed by atoms with Crippen molar-refractivity contribution in [1.29, 1.82) is 0 Å². The largest absolute Gasteiger partial charge is 0.342 e. The molecule has 0 atom stereocenters. The second kappa shape index (κ2) is 9.41. The van der Waals surface area contributed by atoms with E-state index in [9.17, 15) is 9.59 Å². The number of fused-ring (bicyclic) bond motifs is 1. The zero-order chi connectivity index (χ0) is 22.7. The number of carbonyl (C=O) groups is 2. The van der Waals surface area contributed by atoms with Crippen LogP contribution in [0.2, 0.25) is 0 Å². The van der Waals surface area contributed by atoms with Crippen LogP contribution in [0.4, 0.5) is 5.13 Å². The van der Waals surface area contributed by atoms with Gasteiger partial charge in [0.05, 0.1) is 10.2 Å². The summed E-state index contributed by atoms with van der Waals surface area (Å²) in [5.74, 6) is 0.208. The fourth-order valence-corrected chi connectivity index (χ4v) is 5.18. The van der Waals surface area contributed by atoms with E-state index in [4.69, 9.17) is 4.98 Å². The van der Waals surface area contributed by atoms with E-state index in [-0.39, 0.29) is 23.1 Å². The Hall–Kier alpha value is -2.73. The van der Waals surface area contributed by atoms with Crippen molar-refractivity contribution in [2.75, 3.05) is 24.5 Å². The van der Waals surface area contributed by atoms with Crippen molar-refractivity contribution in [2.24, 2.45) is 11.3 Å². The number of aromatic nitrogens is 1. The number of likely N-dealkylation sites (tertiary alicyclic amines) is 1. The minimum atomic E-state index is -0.389. The molecule has 2 amide bonds. The molecule has 5 nitrogen and oxygen atoms in total. The molecule has 0 bridgehead atoms. The average molecular weight is 450 g/mol. The lowest BCUT2D eigenvalue weighted by molar-refractivity contribution is -0.142. The standard InChI is InChI=1S/C26H31N3O2S/c1-26(2,3)24(31)28-16-14-20(15-17-28)23(30)29(18-13-19-9-5-4-6-10-19)25-27-21-11-7-8-12-22(21)32-25/h4-12,20H,13-18H2,1-3H3. The third kappa shape index (κ3) is 5.01. The van der Waals surface area contributed by atoms with Gasteiger partial charge in [-0.3, -0.25) is 14.5 Å². The monoisotopic (exact) mass is 449 g/mol. The topological polar surface area (TPSA) is 53.5 Å². The molecule has 0 radical (unpaired) electrons. The molecule has 1 saturated heterocycles. The van der Waals surface area contributed by atoms with Gasteiger partial charge in [-0.1, -0.05) is 74.6 Å². The van der Waals surface area contributed by atoms with Crippen molar-refractivity contribution in [3.63, 3.8) is 0 Å². The van der Waals surface area contributed by atoms with Gasteiger partial charge in [-0.25, -0.2) is 4.98 Å². The molecule has 2 aromatic carbocycles. The van der Waals surface area contributed by atoms with Crippen molar-refractivity contribution in [1.82, 2.24) is 9.88 Å². The van der Waals surface area contributed by atoms with Gasteiger partial charge in [0.25, 0.3) is 0 Å². The summed E-state index contributed by atoms with van der Waals surface area (Å²) in [6.45, 7) is 7.72. The molecule has 1 aromatic heterocycles. The van der Waals surface area contributed by atoms with Crippen molar-refractivity contribution in [3.8, 4) is 0 Å². The highest BCUT2D eigenvalue weighted by atomic mass is 32.1. The molecule has 0 spiro atoms. The first-order valence-corrected chi connectivity index (χ1v) is 12.1. The van der Waals surface area contributed by atoms with Crippen molar-refractivity contribution in [3.05, 3.63) is 60.2 Å². The molecular weight excluding hydrogens is 418 g/mol. The Kier molecular flexibility index (Phi) is 6.60. The zero-order valence-electron chi connectivity index (χ0n) is 19.1. The number of hydrogen-bond acceptors (Lipinski definition) is 4. The summed E-state index contributed by atoms with van der Waals surface area (Å²) in [5, 5.41) is 0.764. The van der Waals surface area contributed by atoms with Gasteiger partial charge in [-0.15, -0.1) is 0 Å². The van der Waals surface area contributed by atoms with Gasteiger partial charge < -0.3 is 4.90 Å². The quantitative estimate of drug-likeness (QED) is 0.541. The van der Waals surface area contributed by atoms with Gasteiger partial charge in [0, 0.05) is 31.0 Å². The number of nitrogens with zero attached hydrogens (tertiary/aromatic N) is 3. The predicted octanol–water partition coefficient (Wildman–Crippen LogP) is 5.16. The van der Waals surface area contributed by atoms with Crippen LogP contribution in [0.25, 0.3) is 10.2 Å². The Labute approximate surface area is 194 Å². The minimum absolute atomic E-state index is 0.0817. The molecule has 0 aliphatic carbocycles. The van der Waals surface area contributed by atoms with Gasteiger partial charge in [0.1, 0.15) is 0 Å².